The van der Waals surface area contributed by atoms with E-state index in [0.717, 1.165) is 0 Å². The van der Waals surface area contributed by atoms with Crippen molar-refractivity contribution in [2.24, 2.45) is 5.92 Å². The van der Waals surface area contributed by atoms with Crippen molar-refractivity contribution in [2.75, 3.05) is 6.61 Å². The minimum absolute atomic E-state index is 0.00102. The summed E-state index contributed by atoms with van der Waals surface area (Å²) in [4.78, 5) is 0. The Kier molecular flexibility index (Phi) is 5.80. The Labute approximate surface area is 67.9 Å². The van der Waals surface area contributed by atoms with Gasteiger partial charge in [0.05, 0.1) is 6.10 Å². The summed E-state index contributed by atoms with van der Waals surface area (Å²) in [6, 6.07) is 0. The van der Waals surface area contributed by atoms with Gasteiger partial charge in [-0.05, 0) is 12.8 Å². The van der Waals surface area contributed by atoms with Crippen molar-refractivity contribution >= 4 is 0 Å². The highest BCUT2D eigenvalue weighted by Gasteiger charge is 2.14. The zero-order valence-corrected chi connectivity index (χ0v) is 6.74. The molecule has 64 valence electrons. The van der Waals surface area contributed by atoms with Gasteiger partial charge in [0, 0.05) is 12.5 Å². The lowest BCUT2D eigenvalue weighted by molar-refractivity contribution is 0.0711. The van der Waals surface area contributed by atoms with E-state index in [2.05, 4.69) is 13.2 Å². The van der Waals surface area contributed by atoms with E-state index in [1.165, 1.54) is 0 Å². The highest BCUT2D eigenvalue weighted by atomic mass is 16.3. The molecular formula is C9H16O2. The number of allylic oxidation sites excluding steroid dienone is 1. The molecule has 0 amide bonds. The lowest BCUT2D eigenvalue weighted by Crippen LogP contribution is -2.22. The largest absolute Gasteiger partial charge is 0.396 e. The lowest BCUT2D eigenvalue weighted by Gasteiger charge is -2.17. The smallest absolute Gasteiger partial charge is 0.0627 e. The highest BCUT2D eigenvalue weighted by molar-refractivity contribution is 4.82. The van der Waals surface area contributed by atoms with Gasteiger partial charge >= 0.3 is 0 Å². The molecule has 0 radical (unpaired) electrons. The molecule has 0 spiro atoms. The summed E-state index contributed by atoms with van der Waals surface area (Å²) >= 11 is 0. The Bertz CT molecular complexity index is 121. The first-order valence-corrected chi connectivity index (χ1v) is 3.77. The highest BCUT2D eigenvalue weighted by Crippen LogP contribution is 2.11. The summed E-state index contributed by atoms with van der Waals surface area (Å²) in [7, 11) is 0. The molecule has 0 heterocycles. The third kappa shape index (κ3) is 3.96. The van der Waals surface area contributed by atoms with Gasteiger partial charge < -0.3 is 10.2 Å². The molecule has 2 atom stereocenters. The van der Waals surface area contributed by atoms with Crippen LogP contribution in [0.15, 0.2) is 25.3 Å². The van der Waals surface area contributed by atoms with E-state index in [1.807, 2.05) is 0 Å². The Morgan fingerprint density at radius 1 is 1.18 bits per heavy atom. The average Bonchev–Trinajstić information content (AvgIpc) is 2.00. The summed E-state index contributed by atoms with van der Waals surface area (Å²) in [5.41, 5.74) is 0. The maximum Gasteiger partial charge on any atom is 0.0627 e. The first kappa shape index (κ1) is 10.4. The van der Waals surface area contributed by atoms with Crippen LogP contribution in [0.5, 0.6) is 0 Å². The van der Waals surface area contributed by atoms with Gasteiger partial charge in [-0.15, -0.1) is 13.2 Å². The van der Waals surface area contributed by atoms with Crippen LogP contribution in [-0.2, 0) is 0 Å². The summed E-state index contributed by atoms with van der Waals surface area (Å²) < 4.78 is 0. The van der Waals surface area contributed by atoms with E-state index in [4.69, 9.17) is 5.11 Å². The van der Waals surface area contributed by atoms with Crippen LogP contribution in [0.3, 0.4) is 0 Å². The van der Waals surface area contributed by atoms with Gasteiger partial charge in [0.25, 0.3) is 0 Å². The molecule has 0 aliphatic heterocycles. The SMILES string of the molecule is C=CCC(O)C(CO)CC=C. The quantitative estimate of drug-likeness (QED) is 0.565. The second-order valence-electron chi connectivity index (χ2n) is 2.56. The first-order chi connectivity index (χ1) is 5.26. The predicted molar refractivity (Wildman–Crippen MR) is 46.2 cm³/mol. The molecule has 11 heavy (non-hydrogen) atoms. The number of aliphatic hydroxyl groups is 2. The summed E-state index contributed by atoms with van der Waals surface area (Å²) in [6.07, 6.45) is 4.03. The fourth-order valence-corrected chi connectivity index (χ4v) is 0.931. The molecule has 0 bridgehead atoms. The molecule has 0 saturated heterocycles. The maximum absolute atomic E-state index is 9.36. The van der Waals surface area contributed by atoms with E-state index in [9.17, 15) is 5.11 Å². The van der Waals surface area contributed by atoms with Crippen LogP contribution in [0.25, 0.3) is 0 Å². The third-order valence-electron chi connectivity index (χ3n) is 1.66. The van der Waals surface area contributed by atoms with Gasteiger partial charge in [-0.2, -0.15) is 0 Å². The molecule has 0 aliphatic carbocycles. The van der Waals surface area contributed by atoms with E-state index in [0.29, 0.717) is 12.8 Å². The minimum atomic E-state index is -0.490. The topological polar surface area (TPSA) is 40.5 Å². The molecule has 2 nitrogen and oxygen atoms in total. The third-order valence-corrected chi connectivity index (χ3v) is 1.66. The molecule has 0 aromatic rings. The van der Waals surface area contributed by atoms with Crippen LogP contribution < -0.4 is 0 Å². The van der Waals surface area contributed by atoms with Gasteiger partial charge in [-0.3, -0.25) is 0 Å². The number of hydrogen-bond acceptors (Lipinski definition) is 2. The van der Waals surface area contributed by atoms with Gasteiger partial charge in [0.1, 0.15) is 0 Å². The fourth-order valence-electron chi connectivity index (χ4n) is 0.931. The first-order valence-electron chi connectivity index (χ1n) is 3.77. The van der Waals surface area contributed by atoms with Crippen molar-refractivity contribution in [3.63, 3.8) is 0 Å². The van der Waals surface area contributed by atoms with Crippen LogP contribution in [0.2, 0.25) is 0 Å². The molecule has 2 N–H and O–H groups in total. The van der Waals surface area contributed by atoms with E-state index < -0.39 is 6.10 Å². The Balaban J connectivity index is 3.78. The van der Waals surface area contributed by atoms with E-state index in [-0.39, 0.29) is 12.5 Å². The lowest BCUT2D eigenvalue weighted by atomic mass is 9.97. The van der Waals surface area contributed by atoms with Crippen molar-refractivity contribution in [2.45, 2.75) is 18.9 Å². The van der Waals surface area contributed by atoms with Gasteiger partial charge in [0.15, 0.2) is 0 Å². The standard InChI is InChI=1S/C9H16O2/c1-3-5-8(7-10)9(11)6-4-2/h3-4,8-11H,1-2,5-7H2. The Hall–Kier alpha value is -0.600. The van der Waals surface area contributed by atoms with Crippen molar-refractivity contribution in [3.05, 3.63) is 25.3 Å². The van der Waals surface area contributed by atoms with Crippen molar-refractivity contribution < 1.29 is 10.2 Å². The predicted octanol–water partition coefficient (Wildman–Crippen LogP) is 1.11. The molecule has 0 saturated carbocycles. The van der Waals surface area contributed by atoms with E-state index >= 15 is 0 Å². The molecule has 0 aromatic carbocycles. The number of aliphatic hydroxyl groups excluding tert-OH is 2. The average molecular weight is 156 g/mol. The normalized spacial score (nSPS) is 15.5. The summed E-state index contributed by atoms with van der Waals surface area (Å²) in [5.74, 6) is -0.0921. The van der Waals surface area contributed by atoms with Crippen molar-refractivity contribution in [1.29, 1.82) is 0 Å². The molecule has 0 rings (SSSR count). The minimum Gasteiger partial charge on any atom is -0.396 e. The molecule has 2 heteroatoms. The zero-order chi connectivity index (χ0) is 8.69. The van der Waals surface area contributed by atoms with Crippen LogP contribution in [0.4, 0.5) is 0 Å². The molecule has 2 unspecified atom stereocenters. The van der Waals surface area contributed by atoms with Crippen molar-refractivity contribution in [3.8, 4) is 0 Å². The van der Waals surface area contributed by atoms with Crippen LogP contribution in [0.1, 0.15) is 12.8 Å². The van der Waals surface area contributed by atoms with Gasteiger partial charge in [0.2, 0.25) is 0 Å². The summed E-state index contributed by atoms with van der Waals surface area (Å²) in [6.45, 7) is 7.05. The Morgan fingerprint density at radius 3 is 2.09 bits per heavy atom. The zero-order valence-electron chi connectivity index (χ0n) is 6.74. The van der Waals surface area contributed by atoms with Crippen LogP contribution in [-0.4, -0.2) is 22.9 Å². The van der Waals surface area contributed by atoms with Crippen molar-refractivity contribution in [1.82, 2.24) is 0 Å². The van der Waals surface area contributed by atoms with Crippen LogP contribution in [0, 0.1) is 5.92 Å². The molecule has 0 aromatic heterocycles. The van der Waals surface area contributed by atoms with Gasteiger partial charge in [-0.1, -0.05) is 12.2 Å². The molecule has 0 aliphatic rings. The molecular weight excluding hydrogens is 140 g/mol. The summed E-state index contributed by atoms with van der Waals surface area (Å²) in [5, 5.41) is 18.2. The fraction of sp³-hybridized carbons (Fsp3) is 0.556. The molecule has 0 fully saturated rings. The van der Waals surface area contributed by atoms with Crippen LogP contribution >= 0.6 is 0 Å². The maximum atomic E-state index is 9.36. The number of rotatable bonds is 6. The monoisotopic (exact) mass is 156 g/mol. The second kappa shape index (κ2) is 6.13. The van der Waals surface area contributed by atoms with Gasteiger partial charge in [-0.25, -0.2) is 0 Å². The number of hydrogen-bond donors (Lipinski definition) is 2. The Morgan fingerprint density at radius 2 is 1.73 bits per heavy atom. The van der Waals surface area contributed by atoms with E-state index in [1.54, 1.807) is 12.2 Å². The second-order valence-corrected chi connectivity index (χ2v) is 2.56.